The van der Waals surface area contributed by atoms with E-state index in [1.807, 2.05) is 6.92 Å². The fourth-order valence-corrected chi connectivity index (χ4v) is 1.65. The maximum absolute atomic E-state index is 11.9. The van der Waals surface area contributed by atoms with Gasteiger partial charge in [0.25, 0.3) is 0 Å². The number of carboxylic acid groups (broad SMARTS) is 1. The summed E-state index contributed by atoms with van der Waals surface area (Å²) in [6.45, 7) is 7.44. The summed E-state index contributed by atoms with van der Waals surface area (Å²) >= 11 is 0. The van der Waals surface area contributed by atoms with Gasteiger partial charge in [0.05, 0.1) is 5.92 Å². The Hall–Kier alpha value is -1.06. The van der Waals surface area contributed by atoms with Crippen LogP contribution in [0.5, 0.6) is 0 Å². The molecule has 0 spiro atoms. The second-order valence-corrected chi connectivity index (χ2v) is 4.67. The summed E-state index contributed by atoms with van der Waals surface area (Å²) in [4.78, 5) is 22.7. The van der Waals surface area contributed by atoms with E-state index >= 15 is 0 Å². The van der Waals surface area contributed by atoms with Gasteiger partial charge in [0.1, 0.15) is 0 Å². The summed E-state index contributed by atoms with van der Waals surface area (Å²) in [6, 6.07) is -0.323. The molecule has 4 heteroatoms. The molecule has 0 aromatic rings. The third-order valence-electron chi connectivity index (χ3n) is 3.28. The molecule has 17 heavy (non-hydrogen) atoms. The molecule has 0 aliphatic rings. The van der Waals surface area contributed by atoms with Crippen molar-refractivity contribution in [2.45, 2.75) is 59.4 Å². The average Bonchev–Trinajstić information content (AvgIpc) is 2.28. The Kier molecular flexibility index (Phi) is 7.59. The number of amides is 1. The normalized spacial score (nSPS) is 16.0. The molecule has 0 saturated carbocycles. The highest BCUT2D eigenvalue weighted by Crippen LogP contribution is 2.14. The summed E-state index contributed by atoms with van der Waals surface area (Å²) < 4.78 is 0. The second-order valence-electron chi connectivity index (χ2n) is 4.67. The number of aliphatic carboxylic acids is 1. The zero-order valence-electron chi connectivity index (χ0n) is 11.3. The number of hydrogen-bond donors (Lipinski definition) is 2. The van der Waals surface area contributed by atoms with Crippen molar-refractivity contribution in [1.29, 1.82) is 0 Å². The first-order valence-corrected chi connectivity index (χ1v) is 6.47. The molecule has 0 aliphatic carbocycles. The van der Waals surface area contributed by atoms with Gasteiger partial charge >= 0.3 is 5.97 Å². The quantitative estimate of drug-likeness (QED) is 0.688. The Balaban J connectivity index is 4.25. The predicted molar refractivity (Wildman–Crippen MR) is 67.7 cm³/mol. The monoisotopic (exact) mass is 243 g/mol. The lowest BCUT2D eigenvalue weighted by Crippen LogP contribution is -2.42. The fourth-order valence-electron chi connectivity index (χ4n) is 1.65. The maximum atomic E-state index is 11.9. The minimum absolute atomic E-state index is 0.0124. The van der Waals surface area contributed by atoms with Crippen molar-refractivity contribution in [3.8, 4) is 0 Å². The van der Waals surface area contributed by atoms with Crippen LogP contribution in [0.15, 0.2) is 0 Å². The van der Waals surface area contributed by atoms with E-state index in [1.165, 1.54) is 0 Å². The van der Waals surface area contributed by atoms with Crippen LogP contribution in [-0.4, -0.2) is 23.0 Å². The predicted octanol–water partition coefficient (Wildman–Crippen LogP) is 2.43. The Morgan fingerprint density at radius 2 is 1.82 bits per heavy atom. The molecule has 0 fully saturated rings. The lowest BCUT2D eigenvalue weighted by atomic mass is 9.96. The first-order valence-electron chi connectivity index (χ1n) is 6.47. The molecule has 4 nitrogen and oxygen atoms in total. The molecule has 0 heterocycles. The van der Waals surface area contributed by atoms with Crippen LogP contribution < -0.4 is 5.32 Å². The van der Waals surface area contributed by atoms with Crippen molar-refractivity contribution in [3.05, 3.63) is 0 Å². The van der Waals surface area contributed by atoms with Crippen LogP contribution in [0.3, 0.4) is 0 Å². The maximum Gasteiger partial charge on any atom is 0.308 e. The van der Waals surface area contributed by atoms with Gasteiger partial charge in [0.15, 0.2) is 0 Å². The molecule has 0 radical (unpaired) electrons. The van der Waals surface area contributed by atoms with Crippen molar-refractivity contribution in [2.24, 2.45) is 11.8 Å². The third-order valence-corrected chi connectivity index (χ3v) is 3.28. The lowest BCUT2D eigenvalue weighted by Gasteiger charge is -2.21. The highest BCUT2D eigenvalue weighted by molar-refractivity contribution is 5.80. The summed E-state index contributed by atoms with van der Waals surface area (Å²) in [5.74, 6) is -1.43. The molecule has 0 rings (SSSR count). The fraction of sp³-hybridized carbons (Fsp3) is 0.846. The van der Waals surface area contributed by atoms with Gasteiger partial charge in [-0.25, -0.2) is 0 Å². The zero-order chi connectivity index (χ0) is 13.4. The Morgan fingerprint density at radius 1 is 1.24 bits per heavy atom. The van der Waals surface area contributed by atoms with Crippen LogP contribution in [-0.2, 0) is 9.59 Å². The van der Waals surface area contributed by atoms with E-state index in [2.05, 4.69) is 12.2 Å². The third kappa shape index (κ3) is 5.71. The van der Waals surface area contributed by atoms with E-state index in [4.69, 9.17) is 5.11 Å². The number of carbonyl (C=O) groups excluding carboxylic acids is 1. The molecule has 0 saturated heterocycles. The van der Waals surface area contributed by atoms with Gasteiger partial charge < -0.3 is 10.4 Å². The van der Waals surface area contributed by atoms with E-state index in [-0.39, 0.29) is 17.9 Å². The molecular formula is C13H25NO3. The molecule has 0 bridgehead atoms. The number of unbranched alkanes of at least 4 members (excludes halogenated alkanes) is 1. The van der Waals surface area contributed by atoms with Crippen LogP contribution in [0.1, 0.15) is 53.4 Å². The van der Waals surface area contributed by atoms with E-state index in [0.29, 0.717) is 0 Å². The van der Waals surface area contributed by atoms with Crippen LogP contribution in [0, 0.1) is 11.8 Å². The summed E-state index contributed by atoms with van der Waals surface area (Å²) in [6.07, 6.45) is 3.80. The molecule has 1 amide bonds. The Bertz CT molecular complexity index is 253. The van der Waals surface area contributed by atoms with Crippen molar-refractivity contribution < 1.29 is 14.7 Å². The Morgan fingerprint density at radius 3 is 2.24 bits per heavy atom. The van der Waals surface area contributed by atoms with Gasteiger partial charge in [0, 0.05) is 12.0 Å². The van der Waals surface area contributed by atoms with Crippen LogP contribution >= 0.6 is 0 Å². The number of carbonyl (C=O) groups is 2. The van der Waals surface area contributed by atoms with Crippen molar-refractivity contribution in [1.82, 2.24) is 5.32 Å². The molecule has 0 aromatic carbocycles. The molecule has 3 atom stereocenters. The second kappa shape index (κ2) is 8.09. The van der Waals surface area contributed by atoms with Gasteiger partial charge in [0.2, 0.25) is 5.91 Å². The zero-order valence-corrected chi connectivity index (χ0v) is 11.3. The molecule has 3 unspecified atom stereocenters. The standard InChI is InChI=1S/C13H25NO3/c1-5-7-8-11(6-2)12(15)14-10(4)9(3)13(16)17/h9-11H,5-8H2,1-4H3,(H,14,15)(H,16,17). The van der Waals surface area contributed by atoms with Gasteiger partial charge in [-0.05, 0) is 26.7 Å². The Labute approximate surface area is 104 Å². The average molecular weight is 243 g/mol. The van der Waals surface area contributed by atoms with Gasteiger partial charge in [-0.15, -0.1) is 0 Å². The minimum Gasteiger partial charge on any atom is -0.481 e. The first-order chi connectivity index (χ1) is 7.93. The number of hydrogen-bond acceptors (Lipinski definition) is 2. The van der Waals surface area contributed by atoms with E-state index in [0.717, 1.165) is 25.7 Å². The van der Waals surface area contributed by atoms with E-state index in [9.17, 15) is 9.59 Å². The summed E-state index contributed by atoms with van der Waals surface area (Å²) in [5, 5.41) is 11.7. The number of carboxylic acids is 1. The lowest BCUT2D eigenvalue weighted by molar-refractivity contribution is -0.142. The minimum atomic E-state index is -0.876. The smallest absolute Gasteiger partial charge is 0.308 e. The molecule has 0 aliphatic heterocycles. The number of rotatable bonds is 8. The van der Waals surface area contributed by atoms with E-state index in [1.54, 1.807) is 13.8 Å². The molecular weight excluding hydrogens is 218 g/mol. The van der Waals surface area contributed by atoms with E-state index < -0.39 is 11.9 Å². The van der Waals surface area contributed by atoms with Gasteiger partial charge in [-0.1, -0.05) is 26.7 Å². The highest BCUT2D eigenvalue weighted by atomic mass is 16.4. The topological polar surface area (TPSA) is 66.4 Å². The number of nitrogens with one attached hydrogen (secondary N) is 1. The van der Waals surface area contributed by atoms with Crippen molar-refractivity contribution in [3.63, 3.8) is 0 Å². The molecule has 0 aromatic heterocycles. The van der Waals surface area contributed by atoms with Crippen LogP contribution in [0.25, 0.3) is 0 Å². The largest absolute Gasteiger partial charge is 0.481 e. The van der Waals surface area contributed by atoms with Crippen molar-refractivity contribution in [2.75, 3.05) is 0 Å². The van der Waals surface area contributed by atoms with Crippen molar-refractivity contribution >= 4 is 11.9 Å². The summed E-state index contributed by atoms with van der Waals surface area (Å²) in [7, 11) is 0. The molecule has 2 N–H and O–H groups in total. The first kappa shape index (κ1) is 15.9. The van der Waals surface area contributed by atoms with Gasteiger partial charge in [-0.3, -0.25) is 9.59 Å². The highest BCUT2D eigenvalue weighted by Gasteiger charge is 2.23. The van der Waals surface area contributed by atoms with Gasteiger partial charge in [-0.2, -0.15) is 0 Å². The van der Waals surface area contributed by atoms with Crippen LogP contribution in [0.4, 0.5) is 0 Å². The SMILES string of the molecule is CCCCC(CC)C(=O)NC(C)C(C)C(=O)O. The summed E-state index contributed by atoms with van der Waals surface area (Å²) in [5.41, 5.74) is 0. The molecule has 100 valence electrons. The van der Waals surface area contributed by atoms with Crippen LogP contribution in [0.2, 0.25) is 0 Å².